The van der Waals surface area contributed by atoms with E-state index in [1.165, 1.54) is 0 Å². The van der Waals surface area contributed by atoms with Crippen LogP contribution in [0.15, 0.2) is 24.3 Å². The smallest absolute Gasteiger partial charge is 0.274 e. The van der Waals surface area contributed by atoms with Crippen molar-refractivity contribution in [1.82, 2.24) is 15.1 Å². The molecule has 7 heteroatoms. The van der Waals surface area contributed by atoms with E-state index in [4.69, 9.17) is 9.47 Å². The molecule has 1 amide bonds. The number of nitrogens with zero attached hydrogens (tertiary/aromatic N) is 3. The number of rotatable bonds is 3. The van der Waals surface area contributed by atoms with Gasteiger partial charge < -0.3 is 19.3 Å². The van der Waals surface area contributed by atoms with E-state index in [2.05, 4.69) is 21.2 Å². The molecule has 1 saturated heterocycles. The van der Waals surface area contributed by atoms with E-state index in [1.54, 1.807) is 7.11 Å². The molecule has 0 saturated carbocycles. The van der Waals surface area contributed by atoms with E-state index in [9.17, 15) is 4.79 Å². The van der Waals surface area contributed by atoms with Gasteiger partial charge >= 0.3 is 0 Å². The summed E-state index contributed by atoms with van der Waals surface area (Å²) >= 11 is 0. The van der Waals surface area contributed by atoms with Crippen LogP contribution in [0.2, 0.25) is 0 Å². The molecular weight excluding hydrogens is 356 g/mol. The van der Waals surface area contributed by atoms with Gasteiger partial charge in [0.2, 0.25) is 0 Å². The first-order chi connectivity index (χ1) is 13.6. The van der Waals surface area contributed by atoms with Gasteiger partial charge in [0.05, 0.1) is 30.7 Å². The average Bonchev–Trinajstić information content (AvgIpc) is 2.96. The van der Waals surface area contributed by atoms with Crippen molar-refractivity contribution < 1.29 is 14.3 Å². The van der Waals surface area contributed by atoms with Crippen LogP contribution in [0.25, 0.3) is 0 Å². The topological polar surface area (TPSA) is 70.7 Å². The highest BCUT2D eigenvalue weighted by atomic mass is 16.5. The largest absolute Gasteiger partial charge is 0.495 e. The first-order valence-corrected chi connectivity index (χ1v) is 9.98. The fourth-order valence-electron chi connectivity index (χ4n) is 4.25. The molecular formula is C21H28N4O3. The lowest BCUT2D eigenvalue weighted by Gasteiger charge is -2.26. The maximum atomic E-state index is 13.2. The molecule has 4 rings (SSSR count). The van der Waals surface area contributed by atoms with Gasteiger partial charge in [-0.1, -0.05) is 12.1 Å². The third-order valence-electron chi connectivity index (χ3n) is 5.65. The quantitative estimate of drug-likeness (QED) is 0.881. The van der Waals surface area contributed by atoms with Crippen molar-refractivity contribution in [2.24, 2.45) is 0 Å². The van der Waals surface area contributed by atoms with Crippen LogP contribution in [0, 0.1) is 0 Å². The zero-order valence-electron chi connectivity index (χ0n) is 16.8. The van der Waals surface area contributed by atoms with Gasteiger partial charge in [-0.05, 0) is 32.4 Å². The number of H-pyrrole nitrogens is 1. The Balaban J connectivity index is 1.50. The molecule has 28 heavy (non-hydrogen) atoms. The number of fused-ring (bicyclic) bond motifs is 1. The van der Waals surface area contributed by atoms with Crippen LogP contribution >= 0.6 is 0 Å². The summed E-state index contributed by atoms with van der Waals surface area (Å²) in [6, 6.07) is 8.04. The average molecular weight is 384 g/mol. The van der Waals surface area contributed by atoms with Crippen molar-refractivity contribution in [3.63, 3.8) is 0 Å². The second-order valence-electron chi connectivity index (χ2n) is 7.56. The monoisotopic (exact) mass is 384 g/mol. The molecule has 3 heterocycles. The summed E-state index contributed by atoms with van der Waals surface area (Å²) in [6.07, 6.45) is 1.67. The van der Waals surface area contributed by atoms with Crippen molar-refractivity contribution in [2.75, 3.05) is 38.2 Å². The Kier molecular flexibility index (Phi) is 5.26. The molecule has 0 aliphatic carbocycles. The molecule has 0 bridgehead atoms. The zero-order chi connectivity index (χ0) is 19.7. The first-order valence-electron chi connectivity index (χ1n) is 9.98. The van der Waals surface area contributed by atoms with Gasteiger partial charge in [-0.2, -0.15) is 5.10 Å². The Labute approximate surface area is 165 Å². The number of ether oxygens (including phenoxy) is 2. The normalized spacial score (nSPS) is 22.5. The van der Waals surface area contributed by atoms with Crippen molar-refractivity contribution in [2.45, 2.75) is 38.9 Å². The lowest BCUT2D eigenvalue weighted by molar-refractivity contribution is -0.00701. The zero-order valence-corrected chi connectivity index (χ0v) is 16.8. The Morgan fingerprint density at radius 2 is 2.04 bits per heavy atom. The minimum Gasteiger partial charge on any atom is -0.495 e. The van der Waals surface area contributed by atoms with Crippen LogP contribution in [0.4, 0.5) is 5.69 Å². The molecule has 2 aliphatic heterocycles. The SMILES string of the molecule is COc1ccccc1N1CCCN(C(=O)c2n[nH]c3c2C[C@H](C)O[C@@H]3C)CC1. The second-order valence-corrected chi connectivity index (χ2v) is 7.56. The van der Waals surface area contributed by atoms with Crippen molar-refractivity contribution in [3.8, 4) is 5.75 Å². The van der Waals surface area contributed by atoms with Crippen LogP contribution in [-0.4, -0.2) is 60.4 Å². The highest BCUT2D eigenvalue weighted by Gasteiger charge is 2.32. The van der Waals surface area contributed by atoms with E-state index < -0.39 is 0 Å². The van der Waals surface area contributed by atoms with Gasteiger partial charge in [-0.15, -0.1) is 0 Å². The number of hydrogen-bond acceptors (Lipinski definition) is 5. The molecule has 1 aromatic heterocycles. The summed E-state index contributed by atoms with van der Waals surface area (Å²) in [5, 5.41) is 7.40. The minimum absolute atomic E-state index is 0.0145. The van der Waals surface area contributed by atoms with E-state index in [0.29, 0.717) is 12.2 Å². The van der Waals surface area contributed by atoms with Gasteiger partial charge in [-0.3, -0.25) is 9.89 Å². The van der Waals surface area contributed by atoms with E-state index in [1.807, 2.05) is 36.9 Å². The highest BCUT2D eigenvalue weighted by molar-refractivity contribution is 5.94. The number of aromatic amines is 1. The van der Waals surface area contributed by atoms with Crippen molar-refractivity contribution >= 4 is 11.6 Å². The number of benzene rings is 1. The summed E-state index contributed by atoms with van der Waals surface area (Å²) in [6.45, 7) is 7.10. The maximum Gasteiger partial charge on any atom is 0.274 e. The minimum atomic E-state index is -0.0574. The van der Waals surface area contributed by atoms with Gasteiger partial charge in [0.1, 0.15) is 5.75 Å². The predicted molar refractivity (Wildman–Crippen MR) is 107 cm³/mol. The van der Waals surface area contributed by atoms with Crippen LogP contribution in [0.5, 0.6) is 5.75 Å². The number of carbonyl (C=O) groups excluding carboxylic acids is 1. The van der Waals surface area contributed by atoms with E-state index in [-0.39, 0.29) is 18.1 Å². The first kappa shape index (κ1) is 18.8. The number of methoxy groups -OCH3 is 1. The summed E-state index contributed by atoms with van der Waals surface area (Å²) in [5.74, 6) is 0.882. The fourth-order valence-corrected chi connectivity index (χ4v) is 4.25. The van der Waals surface area contributed by atoms with Crippen LogP contribution < -0.4 is 9.64 Å². The number of aromatic nitrogens is 2. The highest BCUT2D eigenvalue weighted by Crippen LogP contribution is 2.31. The van der Waals surface area contributed by atoms with E-state index >= 15 is 0 Å². The number of para-hydroxylation sites is 2. The van der Waals surface area contributed by atoms with Gasteiger partial charge in [-0.25, -0.2) is 0 Å². The Bertz CT molecular complexity index is 850. The number of carbonyl (C=O) groups is 1. The molecule has 1 aromatic carbocycles. The Morgan fingerprint density at radius 1 is 1.21 bits per heavy atom. The maximum absolute atomic E-state index is 13.2. The van der Waals surface area contributed by atoms with Crippen molar-refractivity contribution in [1.29, 1.82) is 0 Å². The van der Waals surface area contributed by atoms with Crippen molar-refractivity contribution in [3.05, 3.63) is 41.2 Å². The second kappa shape index (κ2) is 7.83. The Morgan fingerprint density at radius 3 is 2.86 bits per heavy atom. The lowest BCUT2D eigenvalue weighted by atomic mass is 9.99. The molecule has 2 aliphatic rings. The van der Waals surface area contributed by atoms with Gasteiger partial charge in [0, 0.05) is 38.2 Å². The molecule has 2 atom stereocenters. The lowest BCUT2D eigenvalue weighted by Crippen LogP contribution is -2.36. The molecule has 1 fully saturated rings. The standard InChI is InChI=1S/C21H28N4O3/c1-14-13-16-19(15(2)28-14)22-23-20(16)21(26)25-10-6-9-24(11-12-25)17-7-4-5-8-18(17)27-3/h4-5,7-8,14-15H,6,9-13H2,1-3H3,(H,22,23)/t14-,15+/m0/s1. The molecule has 0 spiro atoms. The van der Waals surface area contributed by atoms with Crippen LogP contribution in [0.1, 0.15) is 48.1 Å². The number of amides is 1. The molecule has 0 radical (unpaired) electrons. The summed E-state index contributed by atoms with van der Waals surface area (Å²) < 4.78 is 11.3. The van der Waals surface area contributed by atoms with Gasteiger partial charge in [0.25, 0.3) is 5.91 Å². The third-order valence-corrected chi connectivity index (χ3v) is 5.65. The summed E-state index contributed by atoms with van der Waals surface area (Å²) in [7, 11) is 1.69. The van der Waals surface area contributed by atoms with Gasteiger partial charge in [0.15, 0.2) is 5.69 Å². The van der Waals surface area contributed by atoms with E-state index in [0.717, 1.165) is 55.2 Å². The third kappa shape index (κ3) is 3.46. The molecule has 0 unspecified atom stereocenters. The predicted octanol–water partition coefficient (Wildman–Crippen LogP) is 2.79. The number of nitrogens with one attached hydrogen (secondary N) is 1. The van der Waals surface area contributed by atoms with Crippen LogP contribution in [0.3, 0.4) is 0 Å². The molecule has 2 aromatic rings. The number of anilines is 1. The van der Waals surface area contributed by atoms with Crippen LogP contribution in [-0.2, 0) is 11.2 Å². The molecule has 1 N–H and O–H groups in total. The Hall–Kier alpha value is -2.54. The fraction of sp³-hybridized carbons (Fsp3) is 0.524. The summed E-state index contributed by atoms with van der Waals surface area (Å²) in [4.78, 5) is 17.4. The summed E-state index contributed by atoms with van der Waals surface area (Å²) in [5.41, 5.74) is 3.59. The number of hydrogen-bond donors (Lipinski definition) is 1. The molecule has 7 nitrogen and oxygen atoms in total. The molecule has 150 valence electrons.